The Balaban J connectivity index is 1.40. The highest BCUT2D eigenvalue weighted by molar-refractivity contribution is 7.91. The number of sulfone groups is 1. The predicted molar refractivity (Wildman–Crippen MR) is 190 cm³/mol. The average molecular weight is 693 g/mol. The predicted octanol–water partition coefficient (Wildman–Crippen LogP) is 6.69. The molecule has 50 heavy (non-hydrogen) atoms. The molecule has 10 heteroatoms. The number of nitrogens with one attached hydrogen (secondary N) is 1. The van der Waals surface area contributed by atoms with Crippen LogP contribution in [0.4, 0.5) is 4.39 Å². The van der Waals surface area contributed by atoms with Crippen molar-refractivity contribution in [3.8, 4) is 16.9 Å². The van der Waals surface area contributed by atoms with E-state index in [1.165, 1.54) is 24.3 Å². The number of rotatable bonds is 14. The molecule has 2 N–H and O–H groups in total. The van der Waals surface area contributed by atoms with E-state index < -0.39 is 33.2 Å². The highest BCUT2D eigenvalue weighted by atomic mass is 32.2. The summed E-state index contributed by atoms with van der Waals surface area (Å²) in [5.41, 5.74) is 2.16. The maximum atomic E-state index is 14.5. The summed E-state index contributed by atoms with van der Waals surface area (Å²) in [6.45, 7) is 0.431. The minimum absolute atomic E-state index is 0.0156. The maximum absolute atomic E-state index is 14.5. The number of carbonyl (C=O) groups is 1. The van der Waals surface area contributed by atoms with Crippen molar-refractivity contribution in [2.75, 3.05) is 19.0 Å². The monoisotopic (exact) mass is 692 g/mol. The summed E-state index contributed by atoms with van der Waals surface area (Å²) in [6.07, 6.45) is -0.679. The van der Waals surface area contributed by atoms with Crippen LogP contribution in [0.15, 0.2) is 143 Å². The molecule has 1 aliphatic rings. The van der Waals surface area contributed by atoms with Gasteiger partial charge in [0.05, 0.1) is 17.3 Å². The number of aliphatic hydroxyl groups excluding tert-OH is 1. The molecule has 0 radical (unpaired) electrons. The Morgan fingerprint density at radius 3 is 2.10 bits per heavy atom. The maximum Gasteiger partial charge on any atom is 0.252 e. The fraction of sp³-hybridized carbons (Fsp3) is 0.200. The van der Waals surface area contributed by atoms with Gasteiger partial charge in [0, 0.05) is 31.6 Å². The van der Waals surface area contributed by atoms with E-state index in [0.29, 0.717) is 35.5 Å². The van der Waals surface area contributed by atoms with Crippen molar-refractivity contribution in [2.45, 2.75) is 35.9 Å². The van der Waals surface area contributed by atoms with Gasteiger partial charge in [0.1, 0.15) is 11.6 Å². The van der Waals surface area contributed by atoms with E-state index in [4.69, 9.17) is 19.6 Å². The van der Waals surface area contributed by atoms with E-state index in [1.807, 2.05) is 54.6 Å². The van der Waals surface area contributed by atoms with Crippen molar-refractivity contribution in [3.63, 3.8) is 0 Å². The van der Waals surface area contributed by atoms with E-state index in [2.05, 4.69) is 5.32 Å². The molecule has 2 atom stereocenters. The van der Waals surface area contributed by atoms with Gasteiger partial charge in [0.25, 0.3) is 5.91 Å². The molecule has 8 nitrogen and oxygen atoms in total. The van der Waals surface area contributed by atoms with Crippen LogP contribution in [0.1, 0.15) is 35.6 Å². The third-order valence-electron chi connectivity index (χ3n) is 8.57. The standard InChI is InChI=1S/C40H37FN2O6S/c41-34-20-12-29(13-21-34)28-42-39(45)40(24-27-50(46,47)36-10-5-2-6-11-36)37(32-16-14-31(15-17-32)30-8-3-1-4-9-30)49-38(43-40)33-18-22-35(23-19-33)48-26-7-25-44/h1-6,8-23,37,44H,7,24-28H2,(H,42,45)/t37-,40-/m1/s1. The molecule has 1 aliphatic heterocycles. The Bertz CT molecular complexity index is 2020. The van der Waals surface area contributed by atoms with Crippen LogP contribution in [-0.2, 0) is 25.9 Å². The summed E-state index contributed by atoms with van der Waals surface area (Å²) in [6, 6.07) is 38.4. The van der Waals surface area contributed by atoms with Gasteiger partial charge in [-0.2, -0.15) is 0 Å². The molecule has 0 saturated carbocycles. The van der Waals surface area contributed by atoms with Gasteiger partial charge in [0.15, 0.2) is 21.5 Å². The molecule has 0 unspecified atom stereocenters. The Morgan fingerprint density at radius 1 is 0.820 bits per heavy atom. The van der Waals surface area contributed by atoms with E-state index in [1.54, 1.807) is 54.6 Å². The molecule has 256 valence electrons. The van der Waals surface area contributed by atoms with Crippen LogP contribution in [0.2, 0.25) is 0 Å². The van der Waals surface area contributed by atoms with E-state index in [9.17, 15) is 17.6 Å². The molecule has 5 aromatic carbocycles. The third kappa shape index (κ3) is 7.93. The molecule has 5 aromatic rings. The first-order valence-corrected chi connectivity index (χ1v) is 18.0. The van der Waals surface area contributed by atoms with E-state index in [-0.39, 0.29) is 36.1 Å². The van der Waals surface area contributed by atoms with Crippen LogP contribution in [0, 0.1) is 5.82 Å². The quantitative estimate of drug-likeness (QED) is 0.125. The molecule has 0 saturated heterocycles. The van der Waals surface area contributed by atoms with Crippen LogP contribution in [0.3, 0.4) is 0 Å². The van der Waals surface area contributed by atoms with Gasteiger partial charge in [-0.1, -0.05) is 84.9 Å². The minimum atomic E-state index is -3.82. The molecule has 0 spiro atoms. The topological polar surface area (TPSA) is 114 Å². The van der Waals surface area contributed by atoms with Gasteiger partial charge in [0.2, 0.25) is 5.90 Å². The first kappa shape index (κ1) is 34.5. The number of hydrogen-bond acceptors (Lipinski definition) is 7. The zero-order chi connectivity index (χ0) is 35.0. The van der Waals surface area contributed by atoms with Gasteiger partial charge in [-0.05, 0) is 70.8 Å². The average Bonchev–Trinajstić information content (AvgIpc) is 3.56. The molecule has 6 rings (SSSR count). The second-order valence-corrected chi connectivity index (χ2v) is 14.1. The first-order chi connectivity index (χ1) is 24.3. The summed E-state index contributed by atoms with van der Waals surface area (Å²) >= 11 is 0. The highest BCUT2D eigenvalue weighted by Gasteiger charge is 2.53. The number of aliphatic imine (C=N–C) groups is 1. The number of hydrogen-bond donors (Lipinski definition) is 2. The Hall–Kier alpha value is -5.32. The van der Waals surface area contributed by atoms with Crippen molar-refractivity contribution in [1.82, 2.24) is 5.32 Å². The molecule has 1 amide bonds. The number of aliphatic hydroxyl groups is 1. The molecular formula is C40H37FN2O6S. The zero-order valence-electron chi connectivity index (χ0n) is 27.2. The largest absolute Gasteiger partial charge is 0.494 e. The van der Waals surface area contributed by atoms with Crippen LogP contribution in [-0.4, -0.2) is 49.8 Å². The minimum Gasteiger partial charge on any atom is -0.494 e. The third-order valence-corrected chi connectivity index (χ3v) is 10.3. The van der Waals surface area contributed by atoms with Gasteiger partial charge >= 0.3 is 0 Å². The molecule has 0 aliphatic carbocycles. The summed E-state index contributed by atoms with van der Waals surface area (Å²) in [5, 5.41) is 12.0. The van der Waals surface area contributed by atoms with Gasteiger partial charge < -0.3 is 19.9 Å². The van der Waals surface area contributed by atoms with Crippen LogP contribution >= 0.6 is 0 Å². The summed E-state index contributed by atoms with van der Waals surface area (Å²) in [4.78, 5) is 19.6. The molecular weight excluding hydrogens is 656 g/mol. The summed E-state index contributed by atoms with van der Waals surface area (Å²) in [5.74, 6) is -0.535. The lowest BCUT2D eigenvalue weighted by Crippen LogP contribution is -2.49. The lowest BCUT2D eigenvalue weighted by atomic mass is 9.84. The highest BCUT2D eigenvalue weighted by Crippen LogP contribution is 2.43. The number of benzene rings is 5. The van der Waals surface area contributed by atoms with E-state index in [0.717, 1.165) is 11.1 Å². The SMILES string of the molecule is O=C(NCc1ccc(F)cc1)[C@]1(CCS(=O)(=O)c2ccccc2)N=C(c2ccc(OCCCO)cc2)O[C@@H]1c1ccc(-c2ccccc2)cc1. The van der Waals surface area contributed by atoms with Crippen molar-refractivity contribution < 1.29 is 32.2 Å². The lowest BCUT2D eigenvalue weighted by Gasteiger charge is -2.30. The number of amides is 1. The van der Waals surface area contributed by atoms with Crippen molar-refractivity contribution in [2.24, 2.45) is 4.99 Å². The fourth-order valence-corrected chi connectivity index (χ4v) is 7.21. The molecule has 1 heterocycles. The van der Waals surface area contributed by atoms with E-state index >= 15 is 0 Å². The van der Waals surface area contributed by atoms with Gasteiger partial charge in [-0.15, -0.1) is 0 Å². The normalized spacial score (nSPS) is 17.1. The smallest absolute Gasteiger partial charge is 0.252 e. The Morgan fingerprint density at radius 2 is 1.44 bits per heavy atom. The molecule has 0 bridgehead atoms. The summed E-state index contributed by atoms with van der Waals surface area (Å²) < 4.78 is 53.1. The van der Waals surface area contributed by atoms with Crippen LogP contribution in [0.5, 0.6) is 5.75 Å². The van der Waals surface area contributed by atoms with Gasteiger partial charge in [-0.3, -0.25) is 4.79 Å². The van der Waals surface area contributed by atoms with Crippen LogP contribution < -0.4 is 10.1 Å². The number of carbonyl (C=O) groups excluding carboxylic acids is 1. The zero-order valence-corrected chi connectivity index (χ0v) is 28.1. The number of nitrogens with zero attached hydrogens (tertiary/aromatic N) is 1. The Labute approximate surface area is 291 Å². The number of ether oxygens (including phenoxy) is 2. The van der Waals surface area contributed by atoms with Crippen molar-refractivity contribution in [1.29, 1.82) is 0 Å². The van der Waals surface area contributed by atoms with Crippen LogP contribution in [0.25, 0.3) is 11.1 Å². The molecule has 0 fully saturated rings. The lowest BCUT2D eigenvalue weighted by molar-refractivity contribution is -0.129. The molecule has 0 aromatic heterocycles. The van der Waals surface area contributed by atoms with Gasteiger partial charge in [-0.25, -0.2) is 17.8 Å². The summed E-state index contributed by atoms with van der Waals surface area (Å²) in [7, 11) is -3.82. The first-order valence-electron chi connectivity index (χ1n) is 16.3. The Kier molecular flexibility index (Phi) is 10.7. The van der Waals surface area contributed by atoms with Crippen molar-refractivity contribution in [3.05, 3.63) is 156 Å². The second kappa shape index (κ2) is 15.5. The fourth-order valence-electron chi connectivity index (χ4n) is 5.82. The van der Waals surface area contributed by atoms with Crippen molar-refractivity contribution >= 4 is 21.6 Å². The second-order valence-electron chi connectivity index (χ2n) is 12.0. The number of halogens is 1.